The van der Waals surface area contributed by atoms with Crippen molar-refractivity contribution >= 4 is 5.78 Å². The second-order valence-electron chi connectivity index (χ2n) is 4.43. The van der Waals surface area contributed by atoms with E-state index in [9.17, 15) is 4.79 Å². The number of carbonyl (C=O) groups excluding carboxylic acids is 1. The van der Waals surface area contributed by atoms with Gasteiger partial charge in [-0.15, -0.1) is 0 Å². The van der Waals surface area contributed by atoms with Gasteiger partial charge in [-0.3, -0.25) is 4.79 Å². The van der Waals surface area contributed by atoms with Gasteiger partial charge in [-0.2, -0.15) is 0 Å². The minimum absolute atomic E-state index is 0.181. The fourth-order valence-corrected chi connectivity index (χ4v) is 1.74. The van der Waals surface area contributed by atoms with Crippen LogP contribution in [0.25, 0.3) is 0 Å². The fourth-order valence-electron chi connectivity index (χ4n) is 1.74. The summed E-state index contributed by atoms with van der Waals surface area (Å²) in [6.45, 7) is 8.18. The van der Waals surface area contributed by atoms with E-state index in [0.29, 0.717) is 0 Å². The van der Waals surface area contributed by atoms with E-state index < -0.39 is 0 Å². The maximum atomic E-state index is 11.5. The van der Waals surface area contributed by atoms with Gasteiger partial charge in [0.15, 0.2) is 5.78 Å². The van der Waals surface area contributed by atoms with Crippen LogP contribution in [0.1, 0.15) is 27.2 Å². The number of rotatable bonds is 3. The maximum absolute atomic E-state index is 11.5. The zero-order chi connectivity index (χ0) is 9.90. The van der Waals surface area contributed by atoms with E-state index in [2.05, 4.69) is 26.1 Å². The molecule has 0 bridgehead atoms. The minimum Gasteiger partial charge on any atom is -0.316 e. The average molecular weight is 181 g/mol. The molecule has 0 amide bonds. The predicted molar refractivity (Wildman–Crippen MR) is 54.6 cm³/mol. The largest absolute Gasteiger partial charge is 0.316 e. The summed E-state index contributed by atoms with van der Waals surface area (Å²) in [5, 5.41) is 3.23. The fraction of sp³-hybridized carbons (Fsp3) is 0.727. The highest BCUT2D eigenvalue weighted by molar-refractivity contribution is 5.92. The predicted octanol–water partition coefficient (Wildman–Crippen LogP) is 1.77. The van der Waals surface area contributed by atoms with Crippen molar-refractivity contribution in [2.75, 3.05) is 13.1 Å². The van der Waals surface area contributed by atoms with Gasteiger partial charge in [0, 0.05) is 12.5 Å². The number of allylic oxidation sites excluding steroid dienone is 2. The van der Waals surface area contributed by atoms with Crippen LogP contribution < -0.4 is 5.32 Å². The van der Waals surface area contributed by atoms with Crippen molar-refractivity contribution in [2.45, 2.75) is 27.2 Å². The smallest absolute Gasteiger partial charge is 0.159 e. The molecule has 1 rings (SSSR count). The number of carbonyl (C=O) groups is 1. The van der Waals surface area contributed by atoms with E-state index in [1.807, 2.05) is 6.08 Å². The topological polar surface area (TPSA) is 29.1 Å². The molecule has 0 aromatic rings. The Kier molecular flexibility index (Phi) is 3.26. The lowest BCUT2D eigenvalue weighted by atomic mass is 9.76. The third-order valence-electron chi connectivity index (χ3n) is 2.51. The molecule has 1 aliphatic carbocycles. The summed E-state index contributed by atoms with van der Waals surface area (Å²) in [6.07, 6.45) is 4.73. The molecule has 0 spiro atoms. The van der Waals surface area contributed by atoms with Gasteiger partial charge in [0.25, 0.3) is 0 Å². The van der Waals surface area contributed by atoms with Crippen LogP contribution in [0.2, 0.25) is 0 Å². The molecule has 0 aliphatic heterocycles. The van der Waals surface area contributed by atoms with Crippen molar-refractivity contribution in [3.8, 4) is 0 Å². The molecule has 1 unspecified atom stereocenters. The molecule has 1 atom stereocenters. The molecular formula is C11H19NO. The Balaban J connectivity index is 2.56. The molecule has 0 aromatic heterocycles. The monoisotopic (exact) mass is 181 g/mol. The number of ketones is 1. The summed E-state index contributed by atoms with van der Waals surface area (Å²) < 4.78 is 0. The van der Waals surface area contributed by atoms with Crippen LogP contribution in [0.4, 0.5) is 0 Å². The third kappa shape index (κ3) is 2.96. The van der Waals surface area contributed by atoms with Gasteiger partial charge >= 0.3 is 0 Å². The second-order valence-corrected chi connectivity index (χ2v) is 4.43. The molecule has 0 radical (unpaired) electrons. The van der Waals surface area contributed by atoms with E-state index in [1.165, 1.54) is 0 Å². The molecule has 74 valence electrons. The zero-order valence-electron chi connectivity index (χ0n) is 8.76. The molecule has 1 N–H and O–H groups in total. The molecule has 0 aromatic carbocycles. The van der Waals surface area contributed by atoms with E-state index in [0.717, 1.165) is 19.5 Å². The van der Waals surface area contributed by atoms with E-state index in [4.69, 9.17) is 0 Å². The van der Waals surface area contributed by atoms with Gasteiger partial charge < -0.3 is 5.32 Å². The van der Waals surface area contributed by atoms with Crippen LogP contribution in [0.15, 0.2) is 12.2 Å². The zero-order valence-corrected chi connectivity index (χ0v) is 8.76. The molecule has 0 saturated heterocycles. The molecule has 0 saturated carbocycles. The van der Waals surface area contributed by atoms with Crippen molar-refractivity contribution in [2.24, 2.45) is 11.3 Å². The Bertz CT molecular complexity index is 218. The van der Waals surface area contributed by atoms with Crippen molar-refractivity contribution < 1.29 is 4.79 Å². The first-order valence-corrected chi connectivity index (χ1v) is 4.99. The highest BCUT2D eigenvalue weighted by atomic mass is 16.1. The number of nitrogens with one attached hydrogen (secondary N) is 1. The van der Waals surface area contributed by atoms with Crippen LogP contribution >= 0.6 is 0 Å². The lowest BCUT2D eigenvalue weighted by Crippen LogP contribution is -2.33. The standard InChI is InChI=1S/C11H19NO/c1-4-12-8-9-7-11(2,3)6-5-10(9)13/h5-6,9,12H,4,7-8H2,1-3H3. The summed E-state index contributed by atoms with van der Waals surface area (Å²) in [5.74, 6) is 0.459. The summed E-state index contributed by atoms with van der Waals surface area (Å²) >= 11 is 0. The van der Waals surface area contributed by atoms with Gasteiger partial charge in [-0.25, -0.2) is 0 Å². The Hall–Kier alpha value is -0.630. The van der Waals surface area contributed by atoms with Crippen LogP contribution in [0, 0.1) is 11.3 Å². The van der Waals surface area contributed by atoms with Gasteiger partial charge in [-0.1, -0.05) is 26.8 Å². The van der Waals surface area contributed by atoms with Gasteiger partial charge in [-0.05, 0) is 24.5 Å². The lowest BCUT2D eigenvalue weighted by Gasteiger charge is -2.29. The van der Waals surface area contributed by atoms with Crippen molar-refractivity contribution in [1.82, 2.24) is 5.32 Å². The SMILES string of the molecule is CCNCC1CC(C)(C)C=CC1=O. The Morgan fingerprint density at radius 2 is 2.31 bits per heavy atom. The summed E-state index contributed by atoms with van der Waals surface area (Å²) in [7, 11) is 0. The highest BCUT2D eigenvalue weighted by Crippen LogP contribution is 2.31. The van der Waals surface area contributed by atoms with E-state index in [1.54, 1.807) is 6.08 Å². The van der Waals surface area contributed by atoms with Crippen LogP contribution in [-0.4, -0.2) is 18.9 Å². The third-order valence-corrected chi connectivity index (χ3v) is 2.51. The van der Waals surface area contributed by atoms with Crippen molar-refractivity contribution in [1.29, 1.82) is 0 Å². The van der Waals surface area contributed by atoms with Gasteiger partial charge in [0.05, 0.1) is 0 Å². The second kappa shape index (κ2) is 4.05. The first-order valence-electron chi connectivity index (χ1n) is 4.99. The molecule has 2 nitrogen and oxygen atoms in total. The van der Waals surface area contributed by atoms with Crippen LogP contribution in [-0.2, 0) is 4.79 Å². The van der Waals surface area contributed by atoms with Crippen molar-refractivity contribution in [3.05, 3.63) is 12.2 Å². The Labute approximate surface area is 80.4 Å². The molecular weight excluding hydrogens is 162 g/mol. The summed E-state index contributed by atoms with van der Waals surface area (Å²) in [6, 6.07) is 0. The molecule has 2 heteroatoms. The van der Waals surface area contributed by atoms with E-state index >= 15 is 0 Å². The molecule has 0 heterocycles. The Morgan fingerprint density at radius 1 is 1.62 bits per heavy atom. The molecule has 13 heavy (non-hydrogen) atoms. The van der Waals surface area contributed by atoms with Crippen molar-refractivity contribution in [3.63, 3.8) is 0 Å². The quantitative estimate of drug-likeness (QED) is 0.719. The number of hydrogen-bond donors (Lipinski definition) is 1. The first kappa shape index (κ1) is 10.5. The summed E-state index contributed by atoms with van der Waals surface area (Å²) in [4.78, 5) is 11.5. The highest BCUT2D eigenvalue weighted by Gasteiger charge is 2.28. The van der Waals surface area contributed by atoms with Crippen LogP contribution in [0.5, 0.6) is 0 Å². The van der Waals surface area contributed by atoms with Crippen LogP contribution in [0.3, 0.4) is 0 Å². The maximum Gasteiger partial charge on any atom is 0.159 e. The molecule has 1 aliphatic rings. The minimum atomic E-state index is 0.181. The first-order chi connectivity index (χ1) is 6.05. The number of hydrogen-bond acceptors (Lipinski definition) is 2. The average Bonchev–Trinajstić information content (AvgIpc) is 2.07. The normalized spacial score (nSPS) is 26.4. The van der Waals surface area contributed by atoms with Gasteiger partial charge in [0.1, 0.15) is 0 Å². The van der Waals surface area contributed by atoms with E-state index in [-0.39, 0.29) is 17.1 Å². The lowest BCUT2D eigenvalue weighted by molar-refractivity contribution is -0.119. The summed E-state index contributed by atoms with van der Waals surface area (Å²) in [5.41, 5.74) is 0.188. The Morgan fingerprint density at radius 3 is 2.92 bits per heavy atom. The van der Waals surface area contributed by atoms with Gasteiger partial charge in [0.2, 0.25) is 0 Å². The molecule has 0 fully saturated rings.